The third kappa shape index (κ3) is 5.81. The van der Waals surface area contributed by atoms with Crippen LogP contribution in [0, 0.1) is 15.9 Å². The SMILES string of the molecule is O=C(NC1CCN(c2ccccc2C(=O)NCc2ccccc2F)CC1)c1ccc([N+](=O)[O-])cc1. The Bertz CT molecular complexity index is 1220. The van der Waals surface area contributed by atoms with Gasteiger partial charge in [-0.25, -0.2) is 4.39 Å². The van der Waals surface area contributed by atoms with Crippen molar-refractivity contribution in [2.75, 3.05) is 18.0 Å². The minimum absolute atomic E-state index is 0.0454. The smallest absolute Gasteiger partial charge is 0.269 e. The molecule has 9 heteroatoms. The number of anilines is 1. The molecule has 1 saturated heterocycles. The maximum Gasteiger partial charge on any atom is 0.269 e. The van der Waals surface area contributed by atoms with Crippen molar-refractivity contribution in [3.63, 3.8) is 0 Å². The molecule has 0 spiro atoms. The number of nitrogens with one attached hydrogen (secondary N) is 2. The van der Waals surface area contributed by atoms with Gasteiger partial charge in [-0.05, 0) is 43.2 Å². The molecular formula is C26H25FN4O4. The van der Waals surface area contributed by atoms with Gasteiger partial charge < -0.3 is 15.5 Å². The van der Waals surface area contributed by atoms with Crippen molar-refractivity contribution >= 4 is 23.2 Å². The molecule has 3 aromatic carbocycles. The average molecular weight is 477 g/mol. The number of piperidine rings is 1. The number of amides is 2. The highest BCUT2D eigenvalue weighted by atomic mass is 19.1. The highest BCUT2D eigenvalue weighted by Crippen LogP contribution is 2.25. The fraction of sp³-hybridized carbons (Fsp3) is 0.231. The first kappa shape index (κ1) is 23.9. The van der Waals surface area contributed by atoms with Crippen LogP contribution in [0.2, 0.25) is 0 Å². The van der Waals surface area contributed by atoms with E-state index in [0.717, 1.165) is 5.69 Å². The standard InChI is InChI=1S/C26H25FN4O4/c27-23-7-3-1-5-19(23)17-28-26(33)22-6-2-4-8-24(22)30-15-13-20(14-16-30)29-25(32)18-9-11-21(12-10-18)31(34)35/h1-12,20H,13-17H2,(H,28,33)(H,29,32). The number of para-hydroxylation sites is 1. The summed E-state index contributed by atoms with van der Waals surface area (Å²) in [5, 5.41) is 16.6. The summed E-state index contributed by atoms with van der Waals surface area (Å²) in [6.45, 7) is 1.38. The first-order chi connectivity index (χ1) is 16.9. The zero-order valence-electron chi connectivity index (χ0n) is 18.9. The fourth-order valence-electron chi connectivity index (χ4n) is 4.12. The predicted octanol–water partition coefficient (Wildman–Crippen LogP) is 4.06. The summed E-state index contributed by atoms with van der Waals surface area (Å²) in [7, 11) is 0. The fourth-order valence-corrected chi connectivity index (χ4v) is 4.12. The quantitative estimate of drug-likeness (QED) is 0.395. The Morgan fingerprint density at radius 3 is 2.29 bits per heavy atom. The molecule has 1 heterocycles. The van der Waals surface area contributed by atoms with Crippen molar-refractivity contribution in [3.8, 4) is 0 Å². The summed E-state index contributed by atoms with van der Waals surface area (Å²) < 4.78 is 13.9. The number of benzene rings is 3. The van der Waals surface area contributed by atoms with Gasteiger partial charge in [-0.2, -0.15) is 0 Å². The first-order valence-corrected chi connectivity index (χ1v) is 11.3. The molecule has 1 fully saturated rings. The maximum atomic E-state index is 13.9. The predicted molar refractivity (Wildman–Crippen MR) is 130 cm³/mol. The monoisotopic (exact) mass is 476 g/mol. The maximum absolute atomic E-state index is 13.9. The molecule has 3 aromatic rings. The van der Waals surface area contributed by atoms with Gasteiger partial charge in [0.1, 0.15) is 5.82 Å². The van der Waals surface area contributed by atoms with Crippen molar-refractivity contribution in [1.82, 2.24) is 10.6 Å². The normalized spacial score (nSPS) is 13.8. The molecule has 1 aliphatic heterocycles. The third-order valence-corrected chi connectivity index (χ3v) is 6.06. The van der Waals surface area contributed by atoms with E-state index in [1.165, 1.54) is 30.3 Å². The topological polar surface area (TPSA) is 105 Å². The Hall–Kier alpha value is -4.27. The van der Waals surface area contributed by atoms with Crippen LogP contribution in [-0.2, 0) is 6.54 Å². The molecule has 0 aromatic heterocycles. The number of carbonyl (C=O) groups excluding carboxylic acids is 2. The van der Waals surface area contributed by atoms with Gasteiger partial charge >= 0.3 is 0 Å². The van der Waals surface area contributed by atoms with Gasteiger partial charge in [0.15, 0.2) is 0 Å². The minimum atomic E-state index is -0.504. The van der Waals surface area contributed by atoms with E-state index in [-0.39, 0.29) is 35.9 Å². The first-order valence-electron chi connectivity index (χ1n) is 11.3. The third-order valence-electron chi connectivity index (χ3n) is 6.06. The average Bonchev–Trinajstić information content (AvgIpc) is 2.88. The number of nitro benzene ring substituents is 1. The van der Waals surface area contributed by atoms with Crippen LogP contribution in [0.1, 0.15) is 39.1 Å². The number of halogens is 1. The van der Waals surface area contributed by atoms with Gasteiger partial charge in [-0.3, -0.25) is 19.7 Å². The lowest BCUT2D eigenvalue weighted by molar-refractivity contribution is -0.384. The molecule has 1 aliphatic rings. The summed E-state index contributed by atoms with van der Waals surface area (Å²) in [6, 6.07) is 19.1. The van der Waals surface area contributed by atoms with Crippen LogP contribution in [0.5, 0.6) is 0 Å². The number of hydrogen-bond donors (Lipinski definition) is 2. The van der Waals surface area contributed by atoms with Gasteiger partial charge in [0.25, 0.3) is 17.5 Å². The molecule has 0 bridgehead atoms. The van der Waals surface area contributed by atoms with Gasteiger partial charge in [0.2, 0.25) is 0 Å². The second-order valence-electron chi connectivity index (χ2n) is 8.33. The van der Waals surface area contributed by atoms with E-state index in [0.29, 0.717) is 42.6 Å². The summed E-state index contributed by atoms with van der Waals surface area (Å²) in [5.74, 6) is -0.914. The van der Waals surface area contributed by atoms with Crippen molar-refractivity contribution in [2.45, 2.75) is 25.4 Å². The van der Waals surface area contributed by atoms with E-state index in [1.54, 1.807) is 30.3 Å². The zero-order valence-corrected chi connectivity index (χ0v) is 18.9. The highest BCUT2D eigenvalue weighted by Gasteiger charge is 2.24. The molecule has 0 atom stereocenters. The Balaban J connectivity index is 1.34. The van der Waals surface area contributed by atoms with Crippen molar-refractivity contribution in [3.05, 3.63) is 105 Å². The van der Waals surface area contributed by atoms with E-state index >= 15 is 0 Å². The Kier molecular flexibility index (Phi) is 7.35. The van der Waals surface area contributed by atoms with Crippen LogP contribution in [0.3, 0.4) is 0 Å². The highest BCUT2D eigenvalue weighted by molar-refractivity contribution is 5.99. The second-order valence-corrected chi connectivity index (χ2v) is 8.33. The summed E-state index contributed by atoms with van der Waals surface area (Å²) in [5.41, 5.74) is 2.03. The van der Waals surface area contributed by atoms with Crippen LogP contribution < -0.4 is 15.5 Å². The van der Waals surface area contributed by atoms with Gasteiger partial charge in [-0.15, -0.1) is 0 Å². The molecule has 8 nitrogen and oxygen atoms in total. The van der Waals surface area contributed by atoms with Crippen LogP contribution in [0.25, 0.3) is 0 Å². The zero-order chi connectivity index (χ0) is 24.8. The van der Waals surface area contributed by atoms with Crippen molar-refractivity contribution < 1.29 is 18.9 Å². The summed E-state index contributed by atoms with van der Waals surface area (Å²) in [6.07, 6.45) is 1.37. The number of hydrogen-bond acceptors (Lipinski definition) is 5. The molecule has 2 N–H and O–H groups in total. The van der Waals surface area contributed by atoms with Crippen LogP contribution >= 0.6 is 0 Å². The number of nitro groups is 1. The lowest BCUT2D eigenvalue weighted by Gasteiger charge is -2.35. The van der Waals surface area contributed by atoms with Crippen LogP contribution in [-0.4, -0.2) is 35.9 Å². The molecule has 180 valence electrons. The Labute approximate surface area is 201 Å². The van der Waals surface area contributed by atoms with E-state index in [1.807, 2.05) is 12.1 Å². The molecule has 35 heavy (non-hydrogen) atoms. The minimum Gasteiger partial charge on any atom is -0.371 e. The number of rotatable bonds is 7. The van der Waals surface area contributed by atoms with E-state index in [2.05, 4.69) is 15.5 Å². The van der Waals surface area contributed by atoms with E-state index < -0.39 is 4.92 Å². The molecular weight excluding hydrogens is 451 g/mol. The second kappa shape index (κ2) is 10.8. The lowest BCUT2D eigenvalue weighted by Crippen LogP contribution is -2.45. The van der Waals surface area contributed by atoms with E-state index in [4.69, 9.17) is 0 Å². The molecule has 0 saturated carbocycles. The van der Waals surface area contributed by atoms with Gasteiger partial charge in [-0.1, -0.05) is 30.3 Å². The Morgan fingerprint density at radius 2 is 1.60 bits per heavy atom. The molecule has 0 unspecified atom stereocenters. The number of non-ortho nitro benzene ring substituents is 1. The molecule has 4 rings (SSSR count). The van der Waals surface area contributed by atoms with Crippen molar-refractivity contribution in [1.29, 1.82) is 0 Å². The number of carbonyl (C=O) groups is 2. The van der Waals surface area contributed by atoms with Crippen LogP contribution in [0.15, 0.2) is 72.8 Å². The molecule has 2 amide bonds. The van der Waals surface area contributed by atoms with Gasteiger partial charge in [0, 0.05) is 54.6 Å². The molecule has 0 radical (unpaired) electrons. The summed E-state index contributed by atoms with van der Waals surface area (Å²) >= 11 is 0. The summed E-state index contributed by atoms with van der Waals surface area (Å²) in [4.78, 5) is 37.8. The van der Waals surface area contributed by atoms with E-state index in [9.17, 15) is 24.1 Å². The largest absolute Gasteiger partial charge is 0.371 e. The van der Waals surface area contributed by atoms with Crippen molar-refractivity contribution in [2.24, 2.45) is 0 Å². The Morgan fingerprint density at radius 1 is 0.943 bits per heavy atom. The van der Waals surface area contributed by atoms with Crippen LogP contribution in [0.4, 0.5) is 15.8 Å². The lowest BCUT2D eigenvalue weighted by atomic mass is 10.0. The molecule has 0 aliphatic carbocycles. The van der Waals surface area contributed by atoms with Gasteiger partial charge in [0.05, 0.1) is 10.5 Å². The number of nitrogens with zero attached hydrogens (tertiary/aromatic N) is 2.